The Morgan fingerprint density at radius 1 is 0.909 bits per heavy atom. The van der Waals surface area contributed by atoms with Gasteiger partial charge in [-0.3, -0.25) is 0 Å². The molecule has 0 saturated carbocycles. The maximum absolute atomic E-state index is 3.12. The molecule has 1 aromatic carbocycles. The quantitative estimate of drug-likeness (QED) is 0.574. The zero-order chi connectivity index (χ0) is 8.59. The summed E-state index contributed by atoms with van der Waals surface area (Å²) in [5.41, 5.74) is 5.52. The fourth-order valence-corrected chi connectivity index (χ4v) is 1.86. The molecule has 0 N–H and O–H groups in total. The second-order valence-electron chi connectivity index (χ2n) is 3.09. The van der Waals surface area contributed by atoms with Gasteiger partial charge in [-0.1, -0.05) is 0 Å². The van der Waals surface area contributed by atoms with E-state index in [1.807, 2.05) is 0 Å². The molecule has 0 atom stereocenters. The Labute approximate surface area is 76.8 Å². The monoisotopic (exact) mass is 213 g/mol. The van der Waals surface area contributed by atoms with Gasteiger partial charge in [-0.15, -0.1) is 0 Å². The first kappa shape index (κ1) is 8.83. The van der Waals surface area contributed by atoms with Crippen LogP contribution in [-0.2, 0) is 0 Å². The Kier molecular flexibility index (Phi) is 2.41. The van der Waals surface area contributed by atoms with Crippen molar-refractivity contribution in [3.8, 4) is 0 Å². The molecule has 0 aliphatic rings. The minimum atomic E-state index is 1.32. The van der Waals surface area contributed by atoms with Crippen molar-refractivity contribution in [3.05, 3.63) is 28.3 Å². The summed E-state index contributed by atoms with van der Waals surface area (Å²) in [7, 11) is 0. The molecule has 1 rings (SSSR count). The zero-order valence-electron chi connectivity index (χ0n) is 7.49. The molecule has 59 valence electrons. The molecule has 0 fully saturated rings. The Bertz CT molecular complexity index is 261. The van der Waals surface area contributed by atoms with E-state index in [-0.39, 0.29) is 0 Å². The second-order valence-corrected chi connectivity index (χ2v) is 3.95. The van der Waals surface area contributed by atoms with Gasteiger partial charge in [-0.25, -0.2) is 0 Å². The molecule has 0 saturated heterocycles. The van der Waals surface area contributed by atoms with Crippen LogP contribution < -0.4 is 4.46 Å². The molecule has 1 radical (unpaired) electrons. The van der Waals surface area contributed by atoms with Crippen molar-refractivity contribution in [1.29, 1.82) is 0 Å². The second kappa shape index (κ2) is 3.00. The van der Waals surface area contributed by atoms with E-state index < -0.39 is 0 Å². The van der Waals surface area contributed by atoms with Gasteiger partial charge >= 0.3 is 76.5 Å². The fraction of sp³-hybridized carbons (Fsp3) is 0.400. The van der Waals surface area contributed by atoms with Crippen molar-refractivity contribution in [3.63, 3.8) is 0 Å². The summed E-state index contributed by atoms with van der Waals surface area (Å²) >= 11 is 3.12. The minimum absolute atomic E-state index is 1.32. The van der Waals surface area contributed by atoms with Gasteiger partial charge in [0.1, 0.15) is 0 Å². The van der Waals surface area contributed by atoms with Crippen molar-refractivity contribution in [2.75, 3.05) is 0 Å². The predicted molar refractivity (Wildman–Crippen MR) is 50.8 cm³/mol. The Morgan fingerprint density at radius 2 is 1.27 bits per heavy atom. The molecule has 11 heavy (non-hydrogen) atoms. The van der Waals surface area contributed by atoms with E-state index in [0.29, 0.717) is 0 Å². The third kappa shape index (κ3) is 1.50. The summed E-state index contributed by atoms with van der Waals surface area (Å²) in [4.78, 5) is 0. The van der Waals surface area contributed by atoms with Gasteiger partial charge < -0.3 is 0 Å². The van der Waals surface area contributed by atoms with Crippen LogP contribution in [0.15, 0.2) is 6.07 Å². The van der Waals surface area contributed by atoms with Gasteiger partial charge in [0.05, 0.1) is 0 Å². The summed E-state index contributed by atoms with van der Waals surface area (Å²) < 4.78 is 1.32. The van der Waals surface area contributed by atoms with Crippen molar-refractivity contribution in [2.45, 2.75) is 27.7 Å². The van der Waals surface area contributed by atoms with E-state index >= 15 is 0 Å². The Morgan fingerprint density at radius 3 is 1.64 bits per heavy atom. The molecule has 1 heteroatoms. The molecule has 0 unspecified atom stereocenters. The molecule has 0 aliphatic carbocycles. The number of aryl methyl sites for hydroxylation is 2. The molecule has 0 aromatic heterocycles. The van der Waals surface area contributed by atoms with Crippen LogP contribution in [0.1, 0.15) is 22.3 Å². The Hall–Kier alpha value is -0.261. The molecular weight excluding hydrogens is 199 g/mol. The van der Waals surface area contributed by atoms with Crippen LogP contribution in [0.25, 0.3) is 0 Å². The van der Waals surface area contributed by atoms with Crippen molar-refractivity contribution in [1.82, 2.24) is 0 Å². The molecule has 0 bridgehead atoms. The van der Waals surface area contributed by atoms with Crippen molar-refractivity contribution in [2.24, 2.45) is 0 Å². The summed E-state index contributed by atoms with van der Waals surface area (Å²) in [6, 6.07) is 2.24. The van der Waals surface area contributed by atoms with Gasteiger partial charge in [0, 0.05) is 0 Å². The van der Waals surface area contributed by atoms with Crippen molar-refractivity contribution < 1.29 is 0 Å². The SMILES string of the molecule is Cc1cc(C)c(C)c([Se])c1C. The predicted octanol–water partition coefficient (Wildman–Crippen LogP) is 1.71. The molecule has 1 aromatic rings. The van der Waals surface area contributed by atoms with Gasteiger partial charge in [0.2, 0.25) is 0 Å². The zero-order valence-corrected chi connectivity index (χ0v) is 9.20. The normalized spacial score (nSPS) is 10.2. The first-order chi connectivity index (χ1) is 5.04. The van der Waals surface area contributed by atoms with Gasteiger partial charge in [-0.05, 0) is 0 Å². The van der Waals surface area contributed by atoms with E-state index in [4.69, 9.17) is 0 Å². The van der Waals surface area contributed by atoms with Crippen LogP contribution in [0.4, 0.5) is 0 Å². The first-order valence-corrected chi connectivity index (χ1v) is 4.64. The van der Waals surface area contributed by atoms with Crippen LogP contribution in [0.5, 0.6) is 0 Å². The third-order valence-corrected chi connectivity index (χ3v) is 3.58. The summed E-state index contributed by atoms with van der Waals surface area (Å²) in [5.74, 6) is 0. The number of benzene rings is 1. The summed E-state index contributed by atoms with van der Waals surface area (Å²) in [6.45, 7) is 8.63. The van der Waals surface area contributed by atoms with E-state index in [9.17, 15) is 0 Å². The maximum atomic E-state index is 3.12. The molecule has 0 heterocycles. The number of hydrogen-bond donors (Lipinski definition) is 0. The van der Waals surface area contributed by atoms with Crippen molar-refractivity contribution >= 4 is 20.5 Å². The van der Waals surface area contributed by atoms with E-state index in [1.54, 1.807) is 0 Å². The third-order valence-electron chi connectivity index (χ3n) is 2.30. The topological polar surface area (TPSA) is 0 Å². The molecule has 0 nitrogen and oxygen atoms in total. The van der Waals surface area contributed by atoms with Gasteiger partial charge in [-0.2, -0.15) is 0 Å². The summed E-state index contributed by atoms with van der Waals surface area (Å²) in [6.07, 6.45) is 0. The van der Waals surface area contributed by atoms with Crippen LogP contribution in [0.2, 0.25) is 0 Å². The molecule has 0 aliphatic heterocycles. The van der Waals surface area contributed by atoms with Crippen LogP contribution in [0.3, 0.4) is 0 Å². The number of rotatable bonds is 0. The summed E-state index contributed by atoms with van der Waals surface area (Å²) in [5, 5.41) is 0. The van der Waals surface area contributed by atoms with Crippen LogP contribution in [0, 0.1) is 27.7 Å². The molecule has 0 amide bonds. The average Bonchev–Trinajstić information content (AvgIpc) is 1.97. The van der Waals surface area contributed by atoms with Crippen LogP contribution in [-0.4, -0.2) is 16.0 Å². The van der Waals surface area contributed by atoms with E-state index in [2.05, 4.69) is 49.8 Å². The van der Waals surface area contributed by atoms with E-state index in [1.165, 1.54) is 26.7 Å². The fourth-order valence-electron chi connectivity index (χ4n) is 1.18. The molecule has 0 spiro atoms. The standard InChI is InChI=1S/C10H13Se/c1-6-5-7(2)9(4)10(11)8(6)3/h5H,1-4H3. The van der Waals surface area contributed by atoms with E-state index in [0.717, 1.165) is 0 Å². The molecular formula is C10H13Se. The van der Waals surface area contributed by atoms with Gasteiger partial charge in [0.25, 0.3) is 0 Å². The first-order valence-electron chi connectivity index (χ1n) is 3.78. The van der Waals surface area contributed by atoms with Gasteiger partial charge in [0.15, 0.2) is 0 Å². The number of hydrogen-bond acceptors (Lipinski definition) is 0. The Balaban J connectivity index is 3.46. The van der Waals surface area contributed by atoms with Crippen LogP contribution >= 0.6 is 0 Å². The average molecular weight is 212 g/mol.